The van der Waals surface area contributed by atoms with Gasteiger partial charge in [-0.25, -0.2) is 0 Å². The van der Waals surface area contributed by atoms with Crippen molar-refractivity contribution < 1.29 is 4.43 Å². The maximum atomic E-state index is 6.38. The molecule has 1 heterocycles. The number of nitrogens with zero attached hydrogens (tertiary/aromatic N) is 1. The van der Waals surface area contributed by atoms with Gasteiger partial charge in [-0.15, -0.1) is 0 Å². The van der Waals surface area contributed by atoms with E-state index >= 15 is 0 Å². The van der Waals surface area contributed by atoms with Gasteiger partial charge in [0.1, 0.15) is 0 Å². The van der Waals surface area contributed by atoms with Crippen molar-refractivity contribution in [2.75, 3.05) is 6.61 Å². The summed E-state index contributed by atoms with van der Waals surface area (Å²) >= 11 is 0. The van der Waals surface area contributed by atoms with Crippen LogP contribution in [-0.2, 0) is 10.8 Å². The molecule has 0 spiro atoms. The van der Waals surface area contributed by atoms with E-state index in [1.165, 1.54) is 0 Å². The van der Waals surface area contributed by atoms with Gasteiger partial charge in [0.25, 0.3) is 0 Å². The molecule has 3 nitrogen and oxygen atoms in total. The third-order valence-electron chi connectivity index (χ3n) is 4.25. The summed E-state index contributed by atoms with van der Waals surface area (Å²) in [5.74, 6) is 0. The molecule has 1 unspecified atom stereocenters. The fourth-order valence-electron chi connectivity index (χ4n) is 1.76. The Morgan fingerprint density at radius 3 is 2.35 bits per heavy atom. The molecule has 1 rings (SSSR count). The van der Waals surface area contributed by atoms with E-state index in [-0.39, 0.29) is 10.6 Å². The summed E-state index contributed by atoms with van der Waals surface area (Å²) in [6.45, 7) is 14.1. The summed E-state index contributed by atoms with van der Waals surface area (Å²) in [5, 5.41) is 0.249. The predicted octanol–water partition coefficient (Wildman–Crippen LogP) is 3.75. The highest BCUT2D eigenvalue weighted by molar-refractivity contribution is 6.74. The lowest BCUT2D eigenvalue weighted by atomic mass is 9.93. The van der Waals surface area contributed by atoms with Gasteiger partial charge in [0.15, 0.2) is 8.32 Å². The van der Waals surface area contributed by atoms with E-state index in [4.69, 9.17) is 10.2 Å². The number of hydrogen-bond donors (Lipinski definition) is 1. The van der Waals surface area contributed by atoms with Crippen molar-refractivity contribution in [1.29, 1.82) is 0 Å². The summed E-state index contributed by atoms with van der Waals surface area (Å²) in [7, 11) is -1.67. The first-order valence-corrected chi connectivity index (χ1v) is 10.3. The van der Waals surface area contributed by atoms with Crippen molar-refractivity contribution in [2.45, 2.75) is 64.2 Å². The molecule has 0 radical (unpaired) electrons. The Morgan fingerprint density at radius 1 is 1.20 bits per heavy atom. The van der Waals surface area contributed by atoms with Crippen LogP contribution in [0.1, 0.15) is 39.8 Å². The molecule has 0 aromatic carbocycles. The van der Waals surface area contributed by atoms with Gasteiger partial charge in [0.2, 0.25) is 0 Å². The average molecular weight is 295 g/mol. The van der Waals surface area contributed by atoms with E-state index in [1.807, 2.05) is 24.4 Å². The van der Waals surface area contributed by atoms with Crippen LogP contribution in [0.15, 0.2) is 24.4 Å². The second-order valence-electron chi connectivity index (χ2n) is 7.51. The highest BCUT2D eigenvalue weighted by atomic mass is 28.4. The van der Waals surface area contributed by atoms with Crippen molar-refractivity contribution >= 4 is 8.32 Å². The Bertz CT molecular complexity index is 410. The molecule has 0 amide bonds. The summed E-state index contributed by atoms with van der Waals surface area (Å²) in [6.07, 6.45) is 3.46. The van der Waals surface area contributed by atoms with Crippen molar-refractivity contribution in [2.24, 2.45) is 5.73 Å². The molecule has 4 heteroatoms. The van der Waals surface area contributed by atoms with Crippen LogP contribution in [0.5, 0.6) is 0 Å². The summed E-state index contributed by atoms with van der Waals surface area (Å²) in [4.78, 5) is 4.35. The minimum absolute atomic E-state index is 0.249. The maximum absolute atomic E-state index is 6.38. The highest BCUT2D eigenvalue weighted by Gasteiger charge is 2.37. The summed E-state index contributed by atoms with van der Waals surface area (Å²) in [6, 6.07) is 5.96. The fraction of sp³-hybridized carbons (Fsp3) is 0.688. The molecule has 0 aliphatic heterocycles. The van der Waals surface area contributed by atoms with E-state index in [2.05, 4.69) is 45.8 Å². The summed E-state index contributed by atoms with van der Waals surface area (Å²) in [5.41, 5.74) is 7.16. The van der Waals surface area contributed by atoms with E-state index in [0.717, 1.165) is 25.1 Å². The molecule has 1 aromatic rings. The first kappa shape index (κ1) is 17.3. The van der Waals surface area contributed by atoms with E-state index in [9.17, 15) is 0 Å². The van der Waals surface area contributed by atoms with E-state index < -0.39 is 8.32 Å². The molecule has 0 saturated carbocycles. The average Bonchev–Trinajstić information content (AvgIpc) is 2.27. The van der Waals surface area contributed by atoms with Crippen LogP contribution in [-0.4, -0.2) is 25.4 Å². The normalized spacial score (nSPS) is 15.9. The first-order valence-electron chi connectivity index (χ1n) is 7.36. The smallest absolute Gasteiger partial charge is 0.191 e. The number of rotatable bonds is 6. The Balaban J connectivity index is 2.48. The zero-order valence-corrected chi connectivity index (χ0v) is 14.9. The van der Waals surface area contributed by atoms with E-state index in [1.54, 1.807) is 0 Å². The Labute approximate surface area is 125 Å². The number of pyridine rings is 1. The number of nitrogens with two attached hydrogens (primary N) is 1. The number of aromatic nitrogens is 1. The van der Waals surface area contributed by atoms with Gasteiger partial charge in [-0.2, -0.15) is 0 Å². The Kier molecular flexibility index (Phi) is 5.52. The molecular weight excluding hydrogens is 264 g/mol. The van der Waals surface area contributed by atoms with Crippen LogP contribution < -0.4 is 5.73 Å². The highest BCUT2D eigenvalue weighted by Crippen LogP contribution is 2.36. The molecule has 1 aromatic heterocycles. The quantitative estimate of drug-likeness (QED) is 0.813. The molecule has 20 heavy (non-hydrogen) atoms. The molecule has 1 atom stereocenters. The molecule has 0 aliphatic carbocycles. The van der Waals surface area contributed by atoms with Gasteiger partial charge >= 0.3 is 0 Å². The van der Waals surface area contributed by atoms with Gasteiger partial charge in [-0.1, -0.05) is 26.8 Å². The third kappa shape index (κ3) is 5.35. The third-order valence-corrected chi connectivity index (χ3v) is 8.79. The number of hydrogen-bond acceptors (Lipinski definition) is 3. The van der Waals surface area contributed by atoms with Crippen molar-refractivity contribution in [3.63, 3.8) is 0 Å². The minimum Gasteiger partial charge on any atom is -0.417 e. The predicted molar refractivity (Wildman–Crippen MR) is 88.3 cm³/mol. The first-order chi connectivity index (χ1) is 9.04. The van der Waals surface area contributed by atoms with Gasteiger partial charge in [-0.05, 0) is 43.6 Å². The van der Waals surface area contributed by atoms with Crippen molar-refractivity contribution in [3.05, 3.63) is 30.1 Å². The van der Waals surface area contributed by atoms with Crippen LogP contribution in [0.4, 0.5) is 0 Å². The molecular formula is C16H30N2OSi. The molecule has 0 bridgehead atoms. The molecule has 0 fully saturated rings. The lowest BCUT2D eigenvalue weighted by Gasteiger charge is -2.37. The minimum atomic E-state index is -1.67. The van der Waals surface area contributed by atoms with Crippen LogP contribution in [0.3, 0.4) is 0 Å². The monoisotopic (exact) mass is 294 g/mol. The largest absolute Gasteiger partial charge is 0.417 e. The van der Waals surface area contributed by atoms with Gasteiger partial charge < -0.3 is 10.2 Å². The second-order valence-corrected chi connectivity index (χ2v) is 12.3. The Morgan fingerprint density at radius 2 is 1.85 bits per heavy atom. The zero-order valence-electron chi connectivity index (χ0n) is 13.9. The molecule has 0 saturated heterocycles. The van der Waals surface area contributed by atoms with Gasteiger partial charge in [0.05, 0.1) is 0 Å². The van der Waals surface area contributed by atoms with Gasteiger partial charge in [-0.3, -0.25) is 4.98 Å². The van der Waals surface area contributed by atoms with Crippen molar-refractivity contribution in [3.8, 4) is 0 Å². The molecule has 2 N–H and O–H groups in total. The lowest BCUT2D eigenvalue weighted by Crippen LogP contribution is -2.44. The molecule has 0 aliphatic rings. The zero-order chi connectivity index (χ0) is 15.4. The fourth-order valence-corrected chi connectivity index (χ4v) is 2.81. The maximum Gasteiger partial charge on any atom is 0.191 e. The lowest BCUT2D eigenvalue weighted by molar-refractivity contribution is 0.244. The summed E-state index contributed by atoms with van der Waals surface area (Å²) < 4.78 is 6.21. The second kappa shape index (κ2) is 6.37. The van der Waals surface area contributed by atoms with E-state index in [0.29, 0.717) is 0 Å². The van der Waals surface area contributed by atoms with Gasteiger partial charge in [0, 0.05) is 30.5 Å². The van der Waals surface area contributed by atoms with Crippen LogP contribution in [0, 0.1) is 0 Å². The van der Waals surface area contributed by atoms with Crippen LogP contribution >= 0.6 is 0 Å². The van der Waals surface area contributed by atoms with Crippen LogP contribution in [0.25, 0.3) is 0 Å². The van der Waals surface area contributed by atoms with Crippen molar-refractivity contribution in [1.82, 2.24) is 4.98 Å². The Hall–Kier alpha value is -0.713. The SMILES string of the molecule is CC(N)(CCO[Si](C)(C)C(C)(C)C)Cc1ccccn1. The van der Waals surface area contributed by atoms with Crippen LogP contribution in [0.2, 0.25) is 18.1 Å². The standard InChI is InChI=1S/C16H30N2OSi/c1-15(2,3)20(5,6)19-12-10-16(4,17)13-14-9-7-8-11-18-14/h7-9,11H,10,12-13,17H2,1-6H3. The topological polar surface area (TPSA) is 48.1 Å². The molecule has 114 valence electrons.